The molecule has 0 saturated carbocycles. The van der Waals surface area contributed by atoms with Crippen LogP contribution in [0.1, 0.15) is 60.5 Å². The van der Waals surface area contributed by atoms with Crippen LogP contribution in [0.3, 0.4) is 0 Å². The number of hydrogen-bond donors (Lipinski definition) is 2. The molecule has 4 rings (SSSR count). The molecule has 4 atom stereocenters. The number of amides is 2. The number of ether oxygens (including phenoxy) is 2. The normalized spacial score (nSPS) is 20.9. The lowest BCUT2D eigenvalue weighted by molar-refractivity contribution is -0.129. The Labute approximate surface area is 206 Å². The number of aromatic nitrogens is 1. The largest absolute Gasteiger partial charge is 0.497 e. The van der Waals surface area contributed by atoms with Gasteiger partial charge in [-0.05, 0) is 74.6 Å². The van der Waals surface area contributed by atoms with Crippen molar-refractivity contribution < 1.29 is 19.1 Å². The quantitative estimate of drug-likeness (QED) is 0.503. The lowest BCUT2D eigenvalue weighted by atomic mass is 9.84. The van der Waals surface area contributed by atoms with Gasteiger partial charge in [-0.15, -0.1) is 0 Å². The highest BCUT2D eigenvalue weighted by molar-refractivity contribution is 5.97. The predicted octanol–water partition coefficient (Wildman–Crippen LogP) is 4.42. The van der Waals surface area contributed by atoms with E-state index in [4.69, 9.17) is 9.47 Å². The molecular weight excluding hydrogens is 442 g/mol. The first kappa shape index (κ1) is 24.8. The van der Waals surface area contributed by atoms with E-state index in [1.54, 1.807) is 7.11 Å². The SMILES string of the molecule is COc1cccc(COC(C)c2c(C)c(C(=O)NCC3C(=O)NC(C)CC3C)cc3cccn23)c1. The summed E-state index contributed by atoms with van der Waals surface area (Å²) >= 11 is 0. The van der Waals surface area contributed by atoms with Crippen LogP contribution in [0.5, 0.6) is 5.75 Å². The van der Waals surface area contributed by atoms with Gasteiger partial charge in [0.05, 0.1) is 31.4 Å². The average Bonchev–Trinajstić information content (AvgIpc) is 3.29. The van der Waals surface area contributed by atoms with Gasteiger partial charge >= 0.3 is 0 Å². The Kier molecular flexibility index (Phi) is 7.45. The lowest BCUT2D eigenvalue weighted by Gasteiger charge is -2.32. The number of benzene rings is 1. The standard InChI is InChI=1S/C28H35N3O4/c1-17-12-18(2)30-28(33)25(17)15-29-27(32)24-14-22-9-7-11-31(22)26(19(24)3)20(4)35-16-21-8-6-10-23(13-21)34-5/h6-11,13-14,17-18,20,25H,12,15-16H2,1-5H3,(H,29,32)(H,30,33). The molecule has 35 heavy (non-hydrogen) atoms. The average molecular weight is 478 g/mol. The second-order valence-corrected chi connectivity index (χ2v) is 9.62. The van der Waals surface area contributed by atoms with Gasteiger partial charge in [-0.2, -0.15) is 0 Å². The van der Waals surface area contributed by atoms with Gasteiger partial charge in [0.2, 0.25) is 5.91 Å². The molecule has 186 valence electrons. The molecule has 0 spiro atoms. The van der Waals surface area contributed by atoms with Gasteiger partial charge in [0.25, 0.3) is 5.91 Å². The Morgan fingerprint density at radius 2 is 2.03 bits per heavy atom. The van der Waals surface area contributed by atoms with E-state index >= 15 is 0 Å². The van der Waals surface area contributed by atoms with E-state index < -0.39 is 0 Å². The summed E-state index contributed by atoms with van der Waals surface area (Å²) in [7, 11) is 1.65. The van der Waals surface area contributed by atoms with Crippen molar-refractivity contribution in [1.82, 2.24) is 15.0 Å². The monoisotopic (exact) mass is 477 g/mol. The van der Waals surface area contributed by atoms with Gasteiger partial charge in [0.15, 0.2) is 0 Å². The van der Waals surface area contributed by atoms with Gasteiger partial charge in [-0.3, -0.25) is 9.59 Å². The summed E-state index contributed by atoms with van der Waals surface area (Å²) in [4.78, 5) is 25.7. The Balaban J connectivity index is 1.53. The van der Waals surface area contributed by atoms with Crippen LogP contribution in [0.25, 0.3) is 5.52 Å². The Morgan fingerprint density at radius 3 is 2.77 bits per heavy atom. The van der Waals surface area contributed by atoms with Crippen molar-refractivity contribution in [3.8, 4) is 5.75 Å². The van der Waals surface area contributed by atoms with Gasteiger partial charge < -0.3 is 24.5 Å². The van der Waals surface area contributed by atoms with Crippen LogP contribution in [0.2, 0.25) is 0 Å². The topological polar surface area (TPSA) is 81.1 Å². The molecule has 3 heterocycles. The summed E-state index contributed by atoms with van der Waals surface area (Å²) in [6.45, 7) is 8.78. The summed E-state index contributed by atoms with van der Waals surface area (Å²) in [6, 6.07) is 13.8. The highest BCUT2D eigenvalue weighted by Crippen LogP contribution is 2.28. The number of rotatable bonds is 8. The Hall–Kier alpha value is -3.32. The number of nitrogens with one attached hydrogen (secondary N) is 2. The van der Waals surface area contributed by atoms with Gasteiger partial charge in [0, 0.05) is 29.9 Å². The minimum absolute atomic E-state index is 0.00979. The Morgan fingerprint density at radius 1 is 1.23 bits per heavy atom. The minimum atomic E-state index is -0.255. The third kappa shape index (κ3) is 5.35. The van der Waals surface area contributed by atoms with E-state index in [1.165, 1.54) is 0 Å². The summed E-state index contributed by atoms with van der Waals surface area (Å²) < 4.78 is 13.6. The second-order valence-electron chi connectivity index (χ2n) is 9.62. The van der Waals surface area contributed by atoms with Gasteiger partial charge in [-0.1, -0.05) is 19.1 Å². The number of piperidine rings is 1. The van der Waals surface area contributed by atoms with Crippen LogP contribution in [-0.2, 0) is 16.1 Å². The van der Waals surface area contributed by atoms with Crippen LogP contribution >= 0.6 is 0 Å². The van der Waals surface area contributed by atoms with Crippen LogP contribution in [-0.4, -0.2) is 35.9 Å². The van der Waals surface area contributed by atoms with Gasteiger partial charge in [0.1, 0.15) is 5.75 Å². The van der Waals surface area contributed by atoms with Crippen molar-refractivity contribution in [2.24, 2.45) is 11.8 Å². The maximum absolute atomic E-state index is 13.3. The number of carbonyl (C=O) groups is 2. The number of pyridine rings is 1. The second kappa shape index (κ2) is 10.5. The van der Waals surface area contributed by atoms with E-state index in [-0.39, 0.29) is 35.8 Å². The molecule has 3 aromatic rings. The molecule has 1 aromatic carbocycles. The van der Waals surface area contributed by atoms with Gasteiger partial charge in [-0.25, -0.2) is 0 Å². The number of carbonyl (C=O) groups excluding carboxylic acids is 2. The van der Waals surface area contributed by atoms with E-state index in [9.17, 15) is 9.59 Å². The maximum atomic E-state index is 13.3. The molecule has 7 nitrogen and oxygen atoms in total. The molecule has 2 N–H and O–H groups in total. The van der Waals surface area contributed by atoms with E-state index in [0.717, 1.165) is 34.5 Å². The zero-order chi connectivity index (χ0) is 25.1. The molecule has 2 aromatic heterocycles. The number of nitrogens with zero attached hydrogens (tertiary/aromatic N) is 1. The smallest absolute Gasteiger partial charge is 0.251 e. The summed E-state index contributed by atoms with van der Waals surface area (Å²) in [5.41, 5.74) is 4.32. The van der Waals surface area contributed by atoms with Crippen molar-refractivity contribution in [1.29, 1.82) is 0 Å². The van der Waals surface area contributed by atoms with Crippen molar-refractivity contribution >= 4 is 17.3 Å². The fourth-order valence-electron chi connectivity index (χ4n) is 5.09. The Bertz CT molecular complexity index is 1220. The third-order valence-electron chi connectivity index (χ3n) is 7.00. The number of hydrogen-bond acceptors (Lipinski definition) is 4. The van der Waals surface area contributed by atoms with E-state index in [0.29, 0.717) is 18.7 Å². The molecule has 4 unspecified atom stereocenters. The van der Waals surface area contributed by atoms with Crippen molar-refractivity contribution in [2.75, 3.05) is 13.7 Å². The molecule has 0 bridgehead atoms. The fraction of sp³-hybridized carbons (Fsp3) is 0.429. The first-order valence-corrected chi connectivity index (χ1v) is 12.2. The highest BCUT2D eigenvalue weighted by atomic mass is 16.5. The molecule has 1 aliphatic rings. The molecule has 1 saturated heterocycles. The molecule has 0 radical (unpaired) electrons. The van der Waals surface area contributed by atoms with Crippen LogP contribution in [0.4, 0.5) is 0 Å². The van der Waals surface area contributed by atoms with Crippen molar-refractivity contribution in [2.45, 2.75) is 52.9 Å². The van der Waals surface area contributed by atoms with E-state index in [2.05, 4.69) is 22.0 Å². The lowest BCUT2D eigenvalue weighted by Crippen LogP contribution is -2.50. The predicted molar refractivity (Wildman–Crippen MR) is 136 cm³/mol. The first-order valence-electron chi connectivity index (χ1n) is 12.2. The molecule has 1 aliphatic heterocycles. The molecule has 1 fully saturated rings. The minimum Gasteiger partial charge on any atom is -0.497 e. The number of fused-ring (bicyclic) bond motifs is 1. The van der Waals surface area contributed by atoms with Crippen molar-refractivity contribution in [3.63, 3.8) is 0 Å². The zero-order valence-corrected chi connectivity index (χ0v) is 21.1. The van der Waals surface area contributed by atoms with E-state index in [1.807, 2.05) is 69.4 Å². The van der Waals surface area contributed by atoms with Crippen molar-refractivity contribution in [3.05, 3.63) is 71.0 Å². The molecular formula is C28H35N3O4. The summed E-state index contributed by atoms with van der Waals surface area (Å²) in [5, 5.41) is 6.01. The zero-order valence-electron chi connectivity index (χ0n) is 21.1. The van der Waals surface area contributed by atoms with Crippen LogP contribution in [0.15, 0.2) is 48.7 Å². The molecule has 7 heteroatoms. The summed E-state index contributed by atoms with van der Waals surface area (Å²) in [5.74, 6) is 0.615. The number of methoxy groups -OCH3 is 1. The van der Waals surface area contributed by atoms with Crippen LogP contribution in [0, 0.1) is 18.8 Å². The molecule has 2 amide bonds. The summed E-state index contributed by atoms with van der Waals surface area (Å²) in [6.07, 6.45) is 2.64. The first-order chi connectivity index (χ1) is 16.8. The maximum Gasteiger partial charge on any atom is 0.251 e. The molecule has 0 aliphatic carbocycles. The highest BCUT2D eigenvalue weighted by Gasteiger charge is 2.32. The third-order valence-corrected chi connectivity index (χ3v) is 7.00. The fourth-order valence-corrected chi connectivity index (χ4v) is 5.09. The van der Waals surface area contributed by atoms with Crippen LogP contribution < -0.4 is 15.4 Å².